The van der Waals surface area contributed by atoms with E-state index in [9.17, 15) is 36.2 Å². The number of piperidine rings is 1. The van der Waals surface area contributed by atoms with E-state index in [0.717, 1.165) is 10.8 Å². The van der Waals surface area contributed by atoms with Gasteiger partial charge in [0.15, 0.2) is 0 Å². The molecule has 0 unspecified atom stereocenters. The first kappa shape index (κ1) is 23.9. The van der Waals surface area contributed by atoms with Crippen molar-refractivity contribution in [1.29, 1.82) is 0 Å². The number of alkyl halides is 6. The first-order valence-electron chi connectivity index (χ1n) is 10.4. The first-order chi connectivity index (χ1) is 15.8. The minimum atomic E-state index is -5.01. The van der Waals surface area contributed by atoms with Crippen LogP contribution in [0.4, 0.5) is 36.8 Å². The van der Waals surface area contributed by atoms with Crippen LogP contribution >= 0.6 is 0 Å². The number of benzene rings is 3. The molecule has 3 aromatic rings. The van der Waals surface area contributed by atoms with Crippen molar-refractivity contribution in [2.75, 3.05) is 18.4 Å². The predicted molar refractivity (Wildman–Crippen MR) is 114 cm³/mol. The van der Waals surface area contributed by atoms with Gasteiger partial charge in [0, 0.05) is 18.8 Å². The second-order valence-corrected chi connectivity index (χ2v) is 8.31. The minimum absolute atomic E-state index is 0.000226. The summed E-state index contributed by atoms with van der Waals surface area (Å²) in [5.74, 6) is 0. The largest absolute Gasteiger partial charge is 0.416 e. The summed E-state index contributed by atoms with van der Waals surface area (Å²) < 4.78 is 78.3. The average Bonchev–Trinajstić information content (AvgIpc) is 2.78. The number of urea groups is 1. The van der Waals surface area contributed by atoms with E-state index in [1.54, 1.807) is 6.07 Å². The van der Waals surface area contributed by atoms with Crippen LogP contribution in [0.25, 0.3) is 10.8 Å². The van der Waals surface area contributed by atoms with Gasteiger partial charge in [-0.25, -0.2) is 4.79 Å². The number of halogens is 6. The van der Waals surface area contributed by atoms with Crippen molar-refractivity contribution in [2.24, 2.45) is 0 Å². The van der Waals surface area contributed by atoms with E-state index in [4.69, 9.17) is 0 Å². The van der Waals surface area contributed by atoms with Gasteiger partial charge in [0.2, 0.25) is 0 Å². The molecule has 0 spiro atoms. The molecule has 4 nitrogen and oxygen atoms in total. The van der Waals surface area contributed by atoms with Crippen LogP contribution in [0.5, 0.6) is 0 Å². The van der Waals surface area contributed by atoms with Crippen molar-refractivity contribution in [2.45, 2.75) is 30.8 Å². The molecule has 2 N–H and O–H groups in total. The third kappa shape index (κ3) is 4.96. The van der Waals surface area contributed by atoms with Crippen LogP contribution in [0.3, 0.4) is 0 Å². The molecule has 10 heteroatoms. The van der Waals surface area contributed by atoms with Crippen molar-refractivity contribution in [3.8, 4) is 0 Å². The number of anilines is 1. The Morgan fingerprint density at radius 3 is 1.94 bits per heavy atom. The van der Waals surface area contributed by atoms with Crippen LogP contribution in [0.15, 0.2) is 60.7 Å². The summed E-state index contributed by atoms with van der Waals surface area (Å²) in [6, 6.07) is 13.3. The summed E-state index contributed by atoms with van der Waals surface area (Å²) in [5.41, 5.74) is -4.16. The third-order valence-electron chi connectivity index (χ3n) is 6.00. The van der Waals surface area contributed by atoms with Crippen LogP contribution < -0.4 is 5.32 Å². The predicted octanol–water partition coefficient (Wildman–Crippen LogP) is 6.39. The maximum absolute atomic E-state index is 13.1. The Labute approximate surface area is 190 Å². The van der Waals surface area contributed by atoms with Gasteiger partial charge in [-0.15, -0.1) is 0 Å². The van der Waals surface area contributed by atoms with Gasteiger partial charge in [-0.1, -0.05) is 36.4 Å². The zero-order valence-electron chi connectivity index (χ0n) is 17.7. The number of fused-ring (bicyclic) bond motifs is 1. The normalized spacial score (nSPS) is 16.5. The Hall–Kier alpha value is -3.27. The number of aliphatic hydroxyl groups is 1. The highest BCUT2D eigenvalue weighted by Crippen LogP contribution is 2.38. The van der Waals surface area contributed by atoms with Gasteiger partial charge in [-0.05, 0) is 53.4 Å². The van der Waals surface area contributed by atoms with Crippen molar-refractivity contribution in [1.82, 2.24) is 4.90 Å². The molecular weight excluding hydrogens is 462 g/mol. The fourth-order valence-corrected chi connectivity index (χ4v) is 4.08. The number of rotatable bonds is 2. The molecule has 3 aromatic carbocycles. The number of amides is 2. The van der Waals surface area contributed by atoms with E-state index in [1.807, 2.05) is 36.4 Å². The Kier molecular flexibility index (Phi) is 5.97. The van der Waals surface area contributed by atoms with Crippen LogP contribution in [0, 0.1) is 0 Å². The molecule has 0 saturated carbocycles. The lowest BCUT2D eigenvalue weighted by Crippen LogP contribution is -2.46. The maximum Gasteiger partial charge on any atom is 0.416 e. The second kappa shape index (κ2) is 8.50. The third-order valence-corrected chi connectivity index (χ3v) is 6.00. The SMILES string of the molecule is O=C(Nc1cc(C(F)(F)F)cc(C(F)(F)F)c1)N1CCC(O)(c2ccc3ccccc3c2)CC1. The molecule has 4 rings (SSSR count). The van der Waals surface area contributed by atoms with Gasteiger partial charge in [-0.2, -0.15) is 26.3 Å². The van der Waals surface area contributed by atoms with Gasteiger partial charge < -0.3 is 15.3 Å². The lowest BCUT2D eigenvalue weighted by Gasteiger charge is -2.38. The second-order valence-electron chi connectivity index (χ2n) is 8.31. The van der Waals surface area contributed by atoms with Crippen LogP contribution in [0.2, 0.25) is 0 Å². The number of carbonyl (C=O) groups excluding carboxylic acids is 1. The summed E-state index contributed by atoms with van der Waals surface area (Å²) in [6.07, 6.45) is -9.70. The van der Waals surface area contributed by atoms with E-state index >= 15 is 0 Å². The Morgan fingerprint density at radius 1 is 0.824 bits per heavy atom. The molecule has 1 fully saturated rings. The van der Waals surface area contributed by atoms with E-state index < -0.39 is 40.8 Å². The molecule has 0 aliphatic carbocycles. The molecule has 0 aromatic heterocycles. The van der Waals surface area contributed by atoms with Crippen LogP contribution in [-0.2, 0) is 18.0 Å². The van der Waals surface area contributed by atoms with Gasteiger partial charge in [0.05, 0.1) is 16.7 Å². The highest BCUT2D eigenvalue weighted by atomic mass is 19.4. The lowest BCUT2D eigenvalue weighted by molar-refractivity contribution is -0.143. The van der Waals surface area contributed by atoms with Crippen molar-refractivity contribution < 1.29 is 36.2 Å². The molecule has 180 valence electrons. The van der Waals surface area contributed by atoms with Gasteiger partial charge in [0.1, 0.15) is 0 Å². The van der Waals surface area contributed by atoms with Crippen molar-refractivity contribution in [3.05, 3.63) is 77.4 Å². The monoisotopic (exact) mass is 482 g/mol. The summed E-state index contributed by atoms with van der Waals surface area (Å²) >= 11 is 0. The fraction of sp³-hybridized carbons (Fsp3) is 0.292. The minimum Gasteiger partial charge on any atom is -0.385 e. The Balaban J connectivity index is 1.48. The van der Waals surface area contributed by atoms with Gasteiger partial charge in [-0.3, -0.25) is 0 Å². The van der Waals surface area contributed by atoms with Crippen LogP contribution in [0.1, 0.15) is 29.5 Å². The molecule has 1 heterocycles. The van der Waals surface area contributed by atoms with Crippen molar-refractivity contribution >= 4 is 22.5 Å². The quantitative estimate of drug-likeness (QED) is 0.416. The molecule has 34 heavy (non-hydrogen) atoms. The van der Waals surface area contributed by atoms with Crippen LogP contribution in [-0.4, -0.2) is 29.1 Å². The van der Waals surface area contributed by atoms with E-state index in [1.165, 1.54) is 4.90 Å². The fourth-order valence-electron chi connectivity index (χ4n) is 4.08. The number of nitrogens with one attached hydrogen (secondary N) is 1. The summed E-state index contributed by atoms with van der Waals surface area (Å²) in [7, 11) is 0. The molecule has 0 atom stereocenters. The lowest BCUT2D eigenvalue weighted by atomic mass is 9.83. The Bertz CT molecular complexity index is 1180. The highest BCUT2D eigenvalue weighted by Gasteiger charge is 2.38. The molecular formula is C24H20F6N2O2. The summed E-state index contributed by atoms with van der Waals surface area (Å²) in [4.78, 5) is 13.8. The zero-order valence-corrected chi connectivity index (χ0v) is 17.7. The smallest absolute Gasteiger partial charge is 0.385 e. The summed E-state index contributed by atoms with van der Waals surface area (Å²) in [6.45, 7) is 0.139. The molecule has 2 amide bonds. The highest BCUT2D eigenvalue weighted by molar-refractivity contribution is 5.89. The standard InChI is InChI=1S/C24H20F6N2O2/c25-23(26,27)18-12-19(24(28,29)30)14-20(13-18)31-21(33)32-9-7-22(34,8-10-32)17-6-5-15-3-1-2-4-16(15)11-17/h1-6,11-14,34H,7-10H2,(H,31,33). The van der Waals surface area contributed by atoms with E-state index in [-0.39, 0.29) is 32.0 Å². The molecule has 1 aliphatic heterocycles. The molecule has 0 bridgehead atoms. The number of likely N-dealkylation sites (tertiary alicyclic amines) is 1. The van der Waals surface area contributed by atoms with Crippen molar-refractivity contribution in [3.63, 3.8) is 0 Å². The van der Waals surface area contributed by atoms with E-state index in [2.05, 4.69) is 5.32 Å². The number of hydrogen-bond donors (Lipinski definition) is 2. The first-order valence-corrected chi connectivity index (χ1v) is 10.4. The van der Waals surface area contributed by atoms with Gasteiger partial charge >= 0.3 is 18.4 Å². The number of hydrogen-bond acceptors (Lipinski definition) is 2. The molecule has 1 aliphatic rings. The number of nitrogens with zero attached hydrogens (tertiary/aromatic N) is 1. The number of carbonyl (C=O) groups is 1. The summed E-state index contributed by atoms with van der Waals surface area (Å²) in [5, 5.41) is 15.2. The maximum atomic E-state index is 13.1. The van der Waals surface area contributed by atoms with Gasteiger partial charge in [0.25, 0.3) is 0 Å². The zero-order chi connectivity index (χ0) is 24.7. The molecule has 1 saturated heterocycles. The molecule has 0 radical (unpaired) electrons. The van der Waals surface area contributed by atoms with E-state index in [0.29, 0.717) is 17.7 Å². The Morgan fingerprint density at radius 2 is 1.38 bits per heavy atom. The average molecular weight is 482 g/mol. The topological polar surface area (TPSA) is 52.6 Å².